The van der Waals surface area contributed by atoms with E-state index in [1.165, 1.54) is 0 Å². The van der Waals surface area contributed by atoms with E-state index in [0.29, 0.717) is 54.7 Å². The topological polar surface area (TPSA) is 59.1 Å². The molecule has 0 radical (unpaired) electrons. The van der Waals surface area contributed by atoms with Gasteiger partial charge in [-0.2, -0.15) is 0 Å². The normalized spacial score (nSPS) is 14.4. The second-order valence-electron chi connectivity index (χ2n) is 6.45. The Labute approximate surface area is 169 Å². The van der Waals surface area contributed by atoms with Gasteiger partial charge in [0.2, 0.25) is 0 Å². The van der Waals surface area contributed by atoms with Crippen molar-refractivity contribution in [3.63, 3.8) is 0 Å². The van der Waals surface area contributed by atoms with Gasteiger partial charge in [0, 0.05) is 26.2 Å². The van der Waals surface area contributed by atoms with Crippen molar-refractivity contribution in [1.82, 2.24) is 9.80 Å². The fourth-order valence-corrected chi connectivity index (χ4v) is 3.36. The molecule has 1 saturated heterocycles. The Kier molecular flexibility index (Phi) is 6.76. The Morgan fingerprint density at radius 1 is 0.929 bits per heavy atom. The molecule has 7 heteroatoms. The summed E-state index contributed by atoms with van der Waals surface area (Å²) >= 11 is 6.14. The fraction of sp³-hybridized carbons (Fsp3) is 0.333. The monoisotopic (exact) mass is 402 g/mol. The molecule has 0 aliphatic carbocycles. The number of ether oxygens (including phenoxy) is 2. The van der Waals surface area contributed by atoms with Gasteiger partial charge in [0.25, 0.3) is 11.8 Å². The minimum atomic E-state index is -0.113. The zero-order valence-corrected chi connectivity index (χ0v) is 16.5. The van der Waals surface area contributed by atoms with Crippen LogP contribution in [0.1, 0.15) is 16.8 Å². The van der Waals surface area contributed by atoms with Crippen LogP contribution in [0.15, 0.2) is 48.5 Å². The van der Waals surface area contributed by atoms with E-state index < -0.39 is 0 Å². The van der Waals surface area contributed by atoms with E-state index in [1.807, 2.05) is 12.1 Å². The Morgan fingerprint density at radius 2 is 1.57 bits per heavy atom. The lowest BCUT2D eigenvalue weighted by molar-refractivity contribution is -0.133. The predicted octanol–water partition coefficient (Wildman–Crippen LogP) is 3.10. The molecule has 148 valence electrons. The third-order valence-electron chi connectivity index (χ3n) is 4.66. The van der Waals surface area contributed by atoms with E-state index in [1.54, 1.807) is 53.3 Å². The Morgan fingerprint density at radius 3 is 2.32 bits per heavy atom. The van der Waals surface area contributed by atoms with E-state index in [0.717, 1.165) is 0 Å². The lowest BCUT2D eigenvalue weighted by Crippen LogP contribution is -2.39. The van der Waals surface area contributed by atoms with Crippen LogP contribution in [0, 0.1) is 0 Å². The third kappa shape index (κ3) is 4.75. The highest BCUT2D eigenvalue weighted by Gasteiger charge is 2.24. The first-order valence-electron chi connectivity index (χ1n) is 9.17. The molecular formula is C21H23ClN2O4. The molecule has 0 atom stereocenters. The maximum absolute atomic E-state index is 12.7. The number of nitrogens with zero attached hydrogens (tertiary/aromatic N) is 2. The summed E-state index contributed by atoms with van der Waals surface area (Å²) in [6.07, 6.45) is 0.705. The number of carbonyl (C=O) groups is 2. The zero-order chi connectivity index (χ0) is 19.9. The van der Waals surface area contributed by atoms with Crippen molar-refractivity contribution in [3.8, 4) is 11.5 Å². The molecule has 0 saturated carbocycles. The van der Waals surface area contributed by atoms with Crippen molar-refractivity contribution in [1.29, 1.82) is 0 Å². The maximum Gasteiger partial charge on any atom is 0.260 e. The smallest absolute Gasteiger partial charge is 0.260 e. The number of carbonyl (C=O) groups excluding carboxylic acids is 2. The minimum Gasteiger partial charge on any atom is -0.493 e. The van der Waals surface area contributed by atoms with E-state index in [2.05, 4.69) is 0 Å². The van der Waals surface area contributed by atoms with Gasteiger partial charge in [-0.3, -0.25) is 9.59 Å². The summed E-state index contributed by atoms with van der Waals surface area (Å²) in [5.41, 5.74) is 0.489. The number of methoxy groups -OCH3 is 1. The number of benzene rings is 2. The van der Waals surface area contributed by atoms with Crippen LogP contribution < -0.4 is 9.47 Å². The standard InChI is InChI=1S/C21H23ClN2O4/c1-27-18-9-4-5-10-19(18)28-15-20(25)23-11-6-12-24(14-13-23)21(26)16-7-2-3-8-17(16)22/h2-5,7-10H,6,11-15H2,1H3. The second-order valence-corrected chi connectivity index (χ2v) is 6.85. The quantitative estimate of drug-likeness (QED) is 0.771. The molecule has 6 nitrogen and oxygen atoms in total. The lowest BCUT2D eigenvalue weighted by Gasteiger charge is -2.22. The molecule has 28 heavy (non-hydrogen) atoms. The average molecular weight is 403 g/mol. The SMILES string of the molecule is COc1ccccc1OCC(=O)N1CCCN(C(=O)c2ccccc2Cl)CC1. The lowest BCUT2D eigenvalue weighted by atomic mass is 10.2. The molecule has 0 unspecified atom stereocenters. The maximum atomic E-state index is 12.7. The number of para-hydroxylation sites is 2. The van der Waals surface area contributed by atoms with Gasteiger partial charge in [-0.1, -0.05) is 35.9 Å². The summed E-state index contributed by atoms with van der Waals surface area (Å²) in [6, 6.07) is 14.2. The molecule has 1 aliphatic heterocycles. The van der Waals surface area contributed by atoms with E-state index in [9.17, 15) is 9.59 Å². The van der Waals surface area contributed by atoms with Crippen LogP contribution in [-0.4, -0.2) is 61.5 Å². The largest absolute Gasteiger partial charge is 0.493 e. The highest BCUT2D eigenvalue weighted by Crippen LogP contribution is 2.25. The molecule has 0 spiro atoms. The number of amides is 2. The van der Waals surface area contributed by atoms with E-state index in [-0.39, 0.29) is 18.4 Å². The summed E-state index contributed by atoms with van der Waals surface area (Å²) in [6.45, 7) is 2.02. The van der Waals surface area contributed by atoms with Gasteiger partial charge in [0.15, 0.2) is 18.1 Å². The number of rotatable bonds is 5. The van der Waals surface area contributed by atoms with Gasteiger partial charge >= 0.3 is 0 Å². The molecule has 0 aromatic heterocycles. The van der Waals surface area contributed by atoms with Gasteiger partial charge in [0.1, 0.15) is 0 Å². The molecule has 2 aromatic rings. The van der Waals surface area contributed by atoms with Crippen LogP contribution in [0.3, 0.4) is 0 Å². The summed E-state index contributed by atoms with van der Waals surface area (Å²) in [7, 11) is 1.56. The highest BCUT2D eigenvalue weighted by atomic mass is 35.5. The highest BCUT2D eigenvalue weighted by molar-refractivity contribution is 6.33. The molecule has 0 bridgehead atoms. The van der Waals surface area contributed by atoms with Crippen LogP contribution in [-0.2, 0) is 4.79 Å². The number of hydrogen-bond donors (Lipinski definition) is 0. The van der Waals surface area contributed by atoms with Gasteiger partial charge in [0.05, 0.1) is 17.7 Å². The van der Waals surface area contributed by atoms with Gasteiger partial charge in [-0.25, -0.2) is 0 Å². The van der Waals surface area contributed by atoms with Crippen molar-refractivity contribution >= 4 is 23.4 Å². The summed E-state index contributed by atoms with van der Waals surface area (Å²) < 4.78 is 10.9. The molecule has 2 amide bonds. The molecular weight excluding hydrogens is 380 g/mol. The van der Waals surface area contributed by atoms with Gasteiger partial charge in [-0.15, -0.1) is 0 Å². The Hall–Kier alpha value is -2.73. The zero-order valence-electron chi connectivity index (χ0n) is 15.8. The number of halogens is 1. The minimum absolute atomic E-state index is 0.0706. The molecule has 1 aliphatic rings. The molecule has 3 rings (SSSR count). The van der Waals surface area contributed by atoms with Crippen LogP contribution in [0.2, 0.25) is 5.02 Å². The predicted molar refractivity (Wildman–Crippen MR) is 107 cm³/mol. The van der Waals surface area contributed by atoms with E-state index >= 15 is 0 Å². The number of hydrogen-bond acceptors (Lipinski definition) is 4. The summed E-state index contributed by atoms with van der Waals surface area (Å²) in [4.78, 5) is 28.8. The molecule has 0 N–H and O–H groups in total. The molecule has 2 aromatic carbocycles. The van der Waals surface area contributed by atoms with Gasteiger partial charge in [-0.05, 0) is 30.7 Å². The summed E-state index contributed by atoms with van der Waals surface area (Å²) in [5.74, 6) is 0.898. The molecule has 1 fully saturated rings. The second kappa shape index (κ2) is 9.46. The Bertz CT molecular complexity index is 843. The van der Waals surface area contributed by atoms with Crippen LogP contribution in [0.5, 0.6) is 11.5 Å². The van der Waals surface area contributed by atoms with Crippen LogP contribution in [0.25, 0.3) is 0 Å². The van der Waals surface area contributed by atoms with Crippen LogP contribution >= 0.6 is 11.6 Å². The first kappa shape index (κ1) is 20.0. The van der Waals surface area contributed by atoms with Gasteiger partial charge < -0.3 is 19.3 Å². The average Bonchev–Trinajstić information content (AvgIpc) is 2.98. The summed E-state index contributed by atoms with van der Waals surface area (Å²) in [5, 5.41) is 0.440. The van der Waals surface area contributed by atoms with Crippen molar-refractivity contribution in [2.24, 2.45) is 0 Å². The van der Waals surface area contributed by atoms with Crippen molar-refractivity contribution in [2.75, 3.05) is 39.9 Å². The Balaban J connectivity index is 1.56. The van der Waals surface area contributed by atoms with Crippen molar-refractivity contribution in [3.05, 3.63) is 59.1 Å². The third-order valence-corrected chi connectivity index (χ3v) is 4.99. The first-order chi connectivity index (χ1) is 13.6. The van der Waals surface area contributed by atoms with Crippen LogP contribution in [0.4, 0.5) is 0 Å². The molecule has 1 heterocycles. The van der Waals surface area contributed by atoms with Crippen molar-refractivity contribution < 1.29 is 19.1 Å². The first-order valence-corrected chi connectivity index (χ1v) is 9.55. The van der Waals surface area contributed by atoms with E-state index in [4.69, 9.17) is 21.1 Å². The van der Waals surface area contributed by atoms with Crippen molar-refractivity contribution in [2.45, 2.75) is 6.42 Å². The fourth-order valence-electron chi connectivity index (χ4n) is 3.14.